The van der Waals surface area contributed by atoms with E-state index in [2.05, 4.69) is 5.32 Å². The van der Waals surface area contributed by atoms with E-state index in [1.54, 1.807) is 31.3 Å². The molecule has 0 aliphatic rings. The van der Waals surface area contributed by atoms with Crippen LogP contribution in [0.25, 0.3) is 0 Å². The van der Waals surface area contributed by atoms with Crippen molar-refractivity contribution in [2.45, 2.75) is 20.3 Å². The Balaban J connectivity index is 1.89. The zero-order valence-corrected chi connectivity index (χ0v) is 14.9. The highest BCUT2D eigenvalue weighted by atomic mass is 35.5. The summed E-state index contributed by atoms with van der Waals surface area (Å²) >= 11 is 5.81. The van der Waals surface area contributed by atoms with E-state index in [-0.39, 0.29) is 24.8 Å². The van der Waals surface area contributed by atoms with Gasteiger partial charge in [0.15, 0.2) is 0 Å². The van der Waals surface area contributed by atoms with E-state index in [0.717, 1.165) is 11.1 Å². The number of rotatable bonds is 5. The van der Waals surface area contributed by atoms with Crippen molar-refractivity contribution in [3.05, 3.63) is 64.2 Å². The molecule has 1 N–H and O–H groups in total. The Morgan fingerprint density at radius 2 is 1.71 bits per heavy atom. The molecule has 0 fully saturated rings. The number of hydrogen-bond acceptors (Lipinski definition) is 2. The highest BCUT2D eigenvalue weighted by Crippen LogP contribution is 2.14. The Morgan fingerprint density at radius 1 is 1.04 bits per heavy atom. The van der Waals surface area contributed by atoms with Gasteiger partial charge in [-0.05, 0) is 54.8 Å². The van der Waals surface area contributed by atoms with Crippen molar-refractivity contribution >= 4 is 29.1 Å². The number of carbonyl (C=O) groups excluding carboxylic acids is 2. The molecule has 0 radical (unpaired) electrons. The second kappa shape index (κ2) is 7.97. The maximum absolute atomic E-state index is 12.3. The average molecular weight is 345 g/mol. The van der Waals surface area contributed by atoms with Crippen molar-refractivity contribution in [3.63, 3.8) is 0 Å². The fourth-order valence-corrected chi connectivity index (χ4v) is 2.39. The SMILES string of the molecule is Cc1ccc(CC(=O)N(C)CC(=O)Nc2ccc(Cl)cc2)cc1C. The van der Waals surface area contributed by atoms with Crippen molar-refractivity contribution in [3.8, 4) is 0 Å². The molecular formula is C19H21ClN2O2. The number of benzene rings is 2. The zero-order valence-electron chi connectivity index (χ0n) is 14.1. The van der Waals surface area contributed by atoms with E-state index in [1.807, 2.05) is 32.0 Å². The third-order valence-corrected chi connectivity index (χ3v) is 4.11. The third kappa shape index (κ3) is 5.10. The van der Waals surface area contributed by atoms with Gasteiger partial charge in [-0.15, -0.1) is 0 Å². The van der Waals surface area contributed by atoms with Crippen LogP contribution in [-0.4, -0.2) is 30.3 Å². The lowest BCUT2D eigenvalue weighted by Crippen LogP contribution is -2.35. The lowest BCUT2D eigenvalue weighted by molar-refractivity contribution is -0.132. The summed E-state index contributed by atoms with van der Waals surface area (Å²) in [5, 5.41) is 3.35. The van der Waals surface area contributed by atoms with E-state index >= 15 is 0 Å². The molecule has 0 heterocycles. The molecule has 0 spiro atoms. The minimum Gasteiger partial charge on any atom is -0.336 e. The van der Waals surface area contributed by atoms with Crippen LogP contribution in [0.5, 0.6) is 0 Å². The van der Waals surface area contributed by atoms with E-state index in [1.165, 1.54) is 10.5 Å². The summed E-state index contributed by atoms with van der Waals surface area (Å²) in [6.45, 7) is 4.06. The van der Waals surface area contributed by atoms with Gasteiger partial charge in [-0.1, -0.05) is 29.8 Å². The topological polar surface area (TPSA) is 49.4 Å². The minimum atomic E-state index is -0.242. The first kappa shape index (κ1) is 18.0. The van der Waals surface area contributed by atoms with Crippen LogP contribution in [0.3, 0.4) is 0 Å². The molecule has 0 saturated carbocycles. The van der Waals surface area contributed by atoms with Gasteiger partial charge in [0.05, 0.1) is 13.0 Å². The first-order valence-corrected chi connectivity index (χ1v) is 8.08. The molecule has 2 aromatic rings. The highest BCUT2D eigenvalue weighted by Gasteiger charge is 2.14. The van der Waals surface area contributed by atoms with Crippen molar-refractivity contribution in [2.75, 3.05) is 18.9 Å². The Morgan fingerprint density at radius 3 is 2.33 bits per heavy atom. The molecule has 2 rings (SSSR count). The van der Waals surface area contributed by atoms with Gasteiger partial charge < -0.3 is 10.2 Å². The first-order chi connectivity index (χ1) is 11.3. The van der Waals surface area contributed by atoms with Gasteiger partial charge in [0, 0.05) is 17.8 Å². The Kier molecular flexibility index (Phi) is 5.99. The van der Waals surface area contributed by atoms with E-state index < -0.39 is 0 Å². The monoisotopic (exact) mass is 344 g/mol. The van der Waals surface area contributed by atoms with E-state index in [9.17, 15) is 9.59 Å². The molecule has 4 nitrogen and oxygen atoms in total. The lowest BCUT2D eigenvalue weighted by Gasteiger charge is -2.17. The minimum absolute atomic E-state index is 0.00625. The molecule has 24 heavy (non-hydrogen) atoms. The van der Waals surface area contributed by atoms with Crippen LogP contribution in [0.4, 0.5) is 5.69 Å². The number of anilines is 1. The van der Waals surface area contributed by atoms with Crippen molar-refractivity contribution in [2.24, 2.45) is 0 Å². The maximum Gasteiger partial charge on any atom is 0.243 e. The predicted molar refractivity (Wildman–Crippen MR) is 97.3 cm³/mol. The molecule has 0 aliphatic carbocycles. The zero-order chi connectivity index (χ0) is 17.7. The van der Waals surface area contributed by atoms with Crippen LogP contribution >= 0.6 is 11.6 Å². The fraction of sp³-hybridized carbons (Fsp3) is 0.263. The maximum atomic E-state index is 12.3. The van der Waals surface area contributed by atoms with Crippen LogP contribution in [0.2, 0.25) is 5.02 Å². The highest BCUT2D eigenvalue weighted by molar-refractivity contribution is 6.30. The summed E-state index contributed by atoms with van der Waals surface area (Å²) in [6.07, 6.45) is 0.284. The normalized spacial score (nSPS) is 10.3. The summed E-state index contributed by atoms with van der Waals surface area (Å²) in [5.41, 5.74) is 3.96. The third-order valence-electron chi connectivity index (χ3n) is 3.86. The van der Waals surface area contributed by atoms with Crippen molar-refractivity contribution in [1.82, 2.24) is 4.90 Å². The molecule has 0 bridgehead atoms. The Labute approximate surface area is 147 Å². The number of nitrogens with zero attached hydrogens (tertiary/aromatic N) is 1. The van der Waals surface area contributed by atoms with Gasteiger partial charge in [0.25, 0.3) is 0 Å². The van der Waals surface area contributed by atoms with Gasteiger partial charge in [0.2, 0.25) is 11.8 Å². The summed E-state index contributed by atoms with van der Waals surface area (Å²) in [4.78, 5) is 25.7. The van der Waals surface area contributed by atoms with Gasteiger partial charge in [-0.3, -0.25) is 9.59 Å². The number of likely N-dealkylation sites (N-methyl/N-ethyl adjacent to an activating group) is 1. The molecule has 0 unspecified atom stereocenters. The number of nitrogens with one attached hydrogen (secondary N) is 1. The number of hydrogen-bond donors (Lipinski definition) is 1. The molecule has 0 saturated heterocycles. The van der Waals surface area contributed by atoms with Crippen LogP contribution in [-0.2, 0) is 16.0 Å². The lowest BCUT2D eigenvalue weighted by atomic mass is 10.0. The summed E-state index contributed by atoms with van der Waals surface area (Å²) < 4.78 is 0. The summed E-state index contributed by atoms with van der Waals surface area (Å²) in [5.74, 6) is -0.335. The van der Waals surface area contributed by atoms with Gasteiger partial charge in [0.1, 0.15) is 0 Å². The standard InChI is InChI=1S/C19H21ClN2O2/c1-13-4-5-15(10-14(13)2)11-19(24)22(3)12-18(23)21-17-8-6-16(20)7-9-17/h4-10H,11-12H2,1-3H3,(H,21,23). The quantitative estimate of drug-likeness (QED) is 0.901. The smallest absolute Gasteiger partial charge is 0.243 e. The summed E-state index contributed by atoms with van der Waals surface area (Å²) in [6, 6.07) is 12.8. The Hall–Kier alpha value is -2.33. The number of halogens is 1. The van der Waals surface area contributed by atoms with Gasteiger partial charge in [-0.25, -0.2) is 0 Å². The Bertz CT molecular complexity index is 742. The van der Waals surface area contributed by atoms with Crippen LogP contribution in [0.1, 0.15) is 16.7 Å². The molecule has 5 heteroatoms. The largest absolute Gasteiger partial charge is 0.336 e. The first-order valence-electron chi connectivity index (χ1n) is 7.70. The molecule has 126 valence electrons. The average Bonchev–Trinajstić information content (AvgIpc) is 2.53. The molecule has 0 atom stereocenters. The fourth-order valence-electron chi connectivity index (χ4n) is 2.26. The second-order valence-electron chi connectivity index (χ2n) is 5.90. The van der Waals surface area contributed by atoms with Crippen LogP contribution in [0, 0.1) is 13.8 Å². The molecule has 2 amide bonds. The van der Waals surface area contributed by atoms with Crippen molar-refractivity contribution < 1.29 is 9.59 Å². The van der Waals surface area contributed by atoms with Crippen molar-refractivity contribution in [1.29, 1.82) is 0 Å². The number of aryl methyl sites for hydroxylation is 2. The number of amides is 2. The van der Waals surface area contributed by atoms with E-state index in [4.69, 9.17) is 11.6 Å². The molecule has 0 aromatic heterocycles. The van der Waals surface area contributed by atoms with Crippen LogP contribution in [0.15, 0.2) is 42.5 Å². The van der Waals surface area contributed by atoms with Crippen LogP contribution < -0.4 is 5.32 Å². The second-order valence-corrected chi connectivity index (χ2v) is 6.34. The molecule has 2 aromatic carbocycles. The predicted octanol–water partition coefficient (Wildman–Crippen LogP) is 3.60. The number of carbonyl (C=O) groups is 2. The van der Waals surface area contributed by atoms with E-state index in [0.29, 0.717) is 10.7 Å². The van der Waals surface area contributed by atoms with Gasteiger partial charge >= 0.3 is 0 Å². The van der Waals surface area contributed by atoms with Gasteiger partial charge in [-0.2, -0.15) is 0 Å². The molecule has 0 aliphatic heterocycles. The molecular weight excluding hydrogens is 324 g/mol. The summed E-state index contributed by atoms with van der Waals surface area (Å²) in [7, 11) is 1.63.